The molecule has 0 saturated heterocycles. The highest BCUT2D eigenvalue weighted by Crippen LogP contribution is 2.23. The van der Waals surface area contributed by atoms with Crippen molar-refractivity contribution in [2.24, 2.45) is 11.3 Å². The number of rotatable bonds is 4. The molecule has 72 valence electrons. The molecule has 1 atom stereocenters. The molecule has 0 spiro atoms. The van der Waals surface area contributed by atoms with Crippen LogP contribution in [0.2, 0.25) is 0 Å². The van der Waals surface area contributed by atoms with E-state index in [1.165, 1.54) is 0 Å². The average molecular weight is 172 g/mol. The van der Waals surface area contributed by atoms with Crippen LogP contribution in [0.5, 0.6) is 0 Å². The number of carbonyl (C=O) groups excluding carboxylic acids is 1. The largest absolute Gasteiger partial charge is 0.396 e. The van der Waals surface area contributed by atoms with Gasteiger partial charge in [-0.2, -0.15) is 0 Å². The summed E-state index contributed by atoms with van der Waals surface area (Å²) in [4.78, 5) is 10.9. The van der Waals surface area contributed by atoms with E-state index in [9.17, 15) is 4.79 Å². The summed E-state index contributed by atoms with van der Waals surface area (Å²) in [7, 11) is 0. The number of ketones is 1. The van der Waals surface area contributed by atoms with E-state index in [-0.39, 0.29) is 23.7 Å². The summed E-state index contributed by atoms with van der Waals surface area (Å²) in [6.45, 7) is 7.96. The summed E-state index contributed by atoms with van der Waals surface area (Å²) >= 11 is 0. The Morgan fingerprint density at radius 2 is 1.92 bits per heavy atom. The third kappa shape index (κ3) is 5.30. The van der Waals surface area contributed by atoms with Crippen molar-refractivity contribution in [3.63, 3.8) is 0 Å². The van der Waals surface area contributed by atoms with Crippen molar-refractivity contribution in [3.8, 4) is 0 Å². The predicted octanol–water partition coefficient (Wildman–Crippen LogP) is 2.01. The minimum Gasteiger partial charge on any atom is -0.396 e. The van der Waals surface area contributed by atoms with E-state index in [1.807, 2.05) is 0 Å². The van der Waals surface area contributed by atoms with Crippen LogP contribution < -0.4 is 0 Å². The lowest BCUT2D eigenvalue weighted by atomic mass is 9.86. The van der Waals surface area contributed by atoms with Gasteiger partial charge in [0.25, 0.3) is 0 Å². The van der Waals surface area contributed by atoms with Crippen LogP contribution in [-0.4, -0.2) is 17.5 Å². The fourth-order valence-electron chi connectivity index (χ4n) is 1.03. The highest BCUT2D eigenvalue weighted by Gasteiger charge is 2.17. The van der Waals surface area contributed by atoms with Gasteiger partial charge in [0, 0.05) is 5.92 Å². The third-order valence-electron chi connectivity index (χ3n) is 2.04. The molecule has 0 radical (unpaired) electrons. The summed E-state index contributed by atoms with van der Waals surface area (Å²) in [5, 5.41) is 8.87. The van der Waals surface area contributed by atoms with Gasteiger partial charge in [-0.1, -0.05) is 20.8 Å². The highest BCUT2D eigenvalue weighted by atomic mass is 16.3. The van der Waals surface area contributed by atoms with E-state index in [0.29, 0.717) is 0 Å². The lowest BCUT2D eigenvalue weighted by Gasteiger charge is -2.20. The molecule has 0 aromatic carbocycles. The third-order valence-corrected chi connectivity index (χ3v) is 2.04. The normalized spacial score (nSPS) is 14.4. The molecule has 0 unspecified atom stereocenters. The molecule has 0 aromatic heterocycles. The molecule has 0 aliphatic rings. The molecule has 0 saturated carbocycles. The Bertz CT molecular complexity index is 144. The zero-order valence-electron chi connectivity index (χ0n) is 8.55. The lowest BCUT2D eigenvalue weighted by molar-refractivity contribution is -0.122. The van der Waals surface area contributed by atoms with Crippen LogP contribution >= 0.6 is 0 Å². The van der Waals surface area contributed by atoms with Crippen LogP contribution in [0.25, 0.3) is 0 Å². The minimum atomic E-state index is -0.149. The first-order valence-corrected chi connectivity index (χ1v) is 4.48. The molecule has 12 heavy (non-hydrogen) atoms. The Kier molecular flexibility index (Phi) is 4.46. The van der Waals surface area contributed by atoms with Crippen LogP contribution in [0.1, 0.15) is 40.5 Å². The van der Waals surface area contributed by atoms with E-state index in [1.54, 1.807) is 6.92 Å². The Morgan fingerprint density at radius 3 is 2.17 bits per heavy atom. The maximum absolute atomic E-state index is 10.9. The standard InChI is InChI=1S/C10H20O2/c1-8(12)9(7-11)5-6-10(2,3)4/h9,11H,5-7H2,1-4H3/t9-/m1/s1. The van der Waals surface area contributed by atoms with Gasteiger partial charge in [0.15, 0.2) is 0 Å². The van der Waals surface area contributed by atoms with Crippen molar-refractivity contribution in [2.45, 2.75) is 40.5 Å². The molecular weight excluding hydrogens is 152 g/mol. The number of aliphatic hydroxyl groups excluding tert-OH is 1. The van der Waals surface area contributed by atoms with Gasteiger partial charge in [0.05, 0.1) is 6.61 Å². The van der Waals surface area contributed by atoms with Crippen molar-refractivity contribution in [1.29, 1.82) is 0 Å². The van der Waals surface area contributed by atoms with Crippen LogP contribution in [0.4, 0.5) is 0 Å². The second kappa shape index (κ2) is 4.61. The van der Waals surface area contributed by atoms with Crippen LogP contribution in [0, 0.1) is 11.3 Å². The number of hydrogen-bond acceptors (Lipinski definition) is 2. The highest BCUT2D eigenvalue weighted by molar-refractivity contribution is 5.78. The SMILES string of the molecule is CC(=O)[C@@H](CO)CCC(C)(C)C. The molecule has 1 N–H and O–H groups in total. The summed E-state index contributed by atoms with van der Waals surface area (Å²) in [5.74, 6) is -0.0500. The fraction of sp³-hybridized carbons (Fsp3) is 0.900. The van der Waals surface area contributed by atoms with Crippen LogP contribution in [0.3, 0.4) is 0 Å². The number of Topliss-reactive ketones (excluding diaryl/α,β-unsaturated/α-hetero) is 1. The second-order valence-corrected chi connectivity index (χ2v) is 4.59. The number of carbonyl (C=O) groups is 1. The molecule has 0 aliphatic carbocycles. The van der Waals surface area contributed by atoms with Gasteiger partial charge >= 0.3 is 0 Å². The molecule has 0 amide bonds. The van der Waals surface area contributed by atoms with E-state index >= 15 is 0 Å². The maximum atomic E-state index is 10.9. The van der Waals surface area contributed by atoms with Gasteiger partial charge in [0.2, 0.25) is 0 Å². The van der Waals surface area contributed by atoms with Crippen LogP contribution in [0.15, 0.2) is 0 Å². The van der Waals surface area contributed by atoms with E-state index in [2.05, 4.69) is 20.8 Å². The van der Waals surface area contributed by atoms with Crippen molar-refractivity contribution >= 4 is 5.78 Å². The second-order valence-electron chi connectivity index (χ2n) is 4.59. The molecular formula is C10H20O2. The Morgan fingerprint density at radius 1 is 1.42 bits per heavy atom. The van der Waals surface area contributed by atoms with Crippen molar-refractivity contribution < 1.29 is 9.90 Å². The number of hydrogen-bond donors (Lipinski definition) is 1. The molecule has 0 rings (SSSR count). The first-order chi connectivity index (χ1) is 5.37. The molecule has 2 heteroatoms. The Balaban J connectivity index is 3.81. The van der Waals surface area contributed by atoms with Gasteiger partial charge < -0.3 is 5.11 Å². The van der Waals surface area contributed by atoms with E-state index in [0.717, 1.165) is 12.8 Å². The van der Waals surface area contributed by atoms with Crippen molar-refractivity contribution in [2.75, 3.05) is 6.61 Å². The van der Waals surface area contributed by atoms with Crippen molar-refractivity contribution in [3.05, 3.63) is 0 Å². The topological polar surface area (TPSA) is 37.3 Å². The molecule has 2 nitrogen and oxygen atoms in total. The van der Waals surface area contributed by atoms with Gasteiger partial charge in [-0.25, -0.2) is 0 Å². The predicted molar refractivity (Wildman–Crippen MR) is 49.9 cm³/mol. The first kappa shape index (κ1) is 11.6. The first-order valence-electron chi connectivity index (χ1n) is 4.48. The smallest absolute Gasteiger partial charge is 0.135 e. The zero-order valence-corrected chi connectivity index (χ0v) is 8.55. The quantitative estimate of drug-likeness (QED) is 0.704. The fourth-order valence-corrected chi connectivity index (χ4v) is 1.03. The zero-order chi connectivity index (χ0) is 9.78. The summed E-state index contributed by atoms with van der Waals surface area (Å²) in [5.41, 5.74) is 0.253. The summed E-state index contributed by atoms with van der Waals surface area (Å²) in [6, 6.07) is 0. The van der Waals surface area contributed by atoms with Gasteiger partial charge in [-0.15, -0.1) is 0 Å². The van der Waals surface area contributed by atoms with Gasteiger partial charge in [-0.05, 0) is 25.2 Å². The monoisotopic (exact) mass is 172 g/mol. The van der Waals surface area contributed by atoms with E-state index < -0.39 is 0 Å². The molecule has 0 aromatic rings. The van der Waals surface area contributed by atoms with Crippen molar-refractivity contribution in [1.82, 2.24) is 0 Å². The maximum Gasteiger partial charge on any atom is 0.135 e. The van der Waals surface area contributed by atoms with E-state index in [4.69, 9.17) is 5.11 Å². The molecule has 0 aliphatic heterocycles. The average Bonchev–Trinajstić information content (AvgIpc) is 1.85. The van der Waals surface area contributed by atoms with Gasteiger partial charge in [-0.3, -0.25) is 4.79 Å². The van der Waals surface area contributed by atoms with Crippen LogP contribution in [-0.2, 0) is 4.79 Å². The summed E-state index contributed by atoms with van der Waals surface area (Å²) < 4.78 is 0. The molecule has 0 heterocycles. The molecule has 0 fully saturated rings. The summed E-state index contributed by atoms with van der Waals surface area (Å²) in [6.07, 6.45) is 1.78. The minimum absolute atomic E-state index is 0.00852. The molecule has 0 bridgehead atoms. The lowest BCUT2D eigenvalue weighted by Crippen LogP contribution is -2.18. The Labute approximate surface area is 75.0 Å². The van der Waals surface area contributed by atoms with Gasteiger partial charge in [0.1, 0.15) is 5.78 Å². The Hall–Kier alpha value is -0.370. The number of aliphatic hydroxyl groups is 1.